The Morgan fingerprint density at radius 3 is 2.55 bits per heavy atom. The minimum absolute atomic E-state index is 0.138. The molecule has 4 rings (SSSR count). The lowest BCUT2D eigenvalue weighted by atomic mass is 9.95. The summed E-state index contributed by atoms with van der Waals surface area (Å²) in [6.45, 7) is 7.73. The van der Waals surface area contributed by atoms with Crippen LogP contribution in [0.2, 0.25) is 5.02 Å². The van der Waals surface area contributed by atoms with Gasteiger partial charge in [0.1, 0.15) is 0 Å². The van der Waals surface area contributed by atoms with E-state index in [9.17, 15) is 4.79 Å². The van der Waals surface area contributed by atoms with E-state index in [0.29, 0.717) is 0 Å². The molecule has 1 saturated heterocycles. The quantitative estimate of drug-likeness (QED) is 0.532. The standard InChI is InChI=1S/C26H32ClN3O/c1-3-19(2)28-26(31)20-12-14-29(15-13-20)18-23-16-21-8-5-7-11-25(21)30(23)17-22-9-4-6-10-24(22)27/h4-11,16,19-20H,3,12-15,17-18H2,1-2H3,(H,28,31)/t19-/m1/s1. The van der Waals surface area contributed by atoms with Crippen molar-refractivity contribution in [2.45, 2.75) is 52.2 Å². The minimum Gasteiger partial charge on any atom is -0.353 e. The normalized spacial score (nSPS) is 16.5. The molecule has 0 radical (unpaired) electrons. The molecule has 0 unspecified atom stereocenters. The minimum atomic E-state index is 0.138. The predicted octanol–water partition coefficient (Wildman–Crippen LogP) is 5.47. The molecule has 164 valence electrons. The Kier molecular flexibility index (Phi) is 6.99. The molecule has 4 nitrogen and oxygen atoms in total. The first-order chi connectivity index (χ1) is 15.0. The molecular formula is C26H32ClN3O. The number of likely N-dealkylation sites (tertiary alicyclic amines) is 1. The van der Waals surface area contributed by atoms with Crippen molar-refractivity contribution in [2.24, 2.45) is 5.92 Å². The zero-order chi connectivity index (χ0) is 21.8. The van der Waals surface area contributed by atoms with Crippen LogP contribution in [0.3, 0.4) is 0 Å². The van der Waals surface area contributed by atoms with Gasteiger partial charge in [0, 0.05) is 41.3 Å². The van der Waals surface area contributed by atoms with Gasteiger partial charge in [-0.15, -0.1) is 0 Å². The molecule has 0 bridgehead atoms. The molecule has 1 aromatic heterocycles. The van der Waals surface area contributed by atoms with E-state index in [4.69, 9.17) is 11.6 Å². The van der Waals surface area contributed by atoms with Gasteiger partial charge in [-0.3, -0.25) is 9.69 Å². The Hall–Kier alpha value is -2.30. The van der Waals surface area contributed by atoms with Gasteiger partial charge < -0.3 is 9.88 Å². The van der Waals surface area contributed by atoms with Crippen molar-refractivity contribution in [3.8, 4) is 0 Å². The number of hydrogen-bond donors (Lipinski definition) is 1. The van der Waals surface area contributed by atoms with E-state index in [-0.39, 0.29) is 17.9 Å². The number of amides is 1. The molecule has 0 aliphatic carbocycles. The Labute approximate surface area is 190 Å². The van der Waals surface area contributed by atoms with E-state index in [0.717, 1.165) is 56.0 Å². The average molecular weight is 438 g/mol. The summed E-state index contributed by atoms with van der Waals surface area (Å²) in [5.74, 6) is 0.362. The Bertz CT molecular complexity index is 1040. The number of rotatable bonds is 7. The maximum absolute atomic E-state index is 12.5. The zero-order valence-electron chi connectivity index (χ0n) is 18.5. The fourth-order valence-corrected chi connectivity index (χ4v) is 4.62. The number of benzene rings is 2. The highest BCUT2D eigenvalue weighted by Crippen LogP contribution is 2.26. The summed E-state index contributed by atoms with van der Waals surface area (Å²) < 4.78 is 2.39. The Morgan fingerprint density at radius 1 is 1.10 bits per heavy atom. The number of halogens is 1. The summed E-state index contributed by atoms with van der Waals surface area (Å²) in [6.07, 6.45) is 2.82. The van der Waals surface area contributed by atoms with Crippen LogP contribution >= 0.6 is 11.6 Å². The second kappa shape index (κ2) is 9.88. The summed E-state index contributed by atoms with van der Waals surface area (Å²) in [5.41, 5.74) is 3.66. The van der Waals surface area contributed by atoms with Gasteiger partial charge in [-0.1, -0.05) is 54.9 Å². The van der Waals surface area contributed by atoms with Gasteiger partial charge in [0.2, 0.25) is 5.91 Å². The van der Waals surface area contributed by atoms with Gasteiger partial charge in [-0.2, -0.15) is 0 Å². The number of para-hydroxylation sites is 1. The summed E-state index contributed by atoms with van der Waals surface area (Å²) in [4.78, 5) is 15.0. The molecule has 2 aromatic carbocycles. The topological polar surface area (TPSA) is 37.3 Å². The predicted molar refractivity (Wildman–Crippen MR) is 128 cm³/mol. The maximum atomic E-state index is 12.5. The van der Waals surface area contributed by atoms with Crippen molar-refractivity contribution in [3.63, 3.8) is 0 Å². The number of nitrogens with zero attached hydrogens (tertiary/aromatic N) is 2. The molecule has 1 aliphatic heterocycles. The van der Waals surface area contributed by atoms with Crippen LogP contribution in [0.4, 0.5) is 0 Å². The lowest BCUT2D eigenvalue weighted by Crippen LogP contribution is -2.42. The van der Waals surface area contributed by atoms with Crippen molar-refractivity contribution in [2.75, 3.05) is 13.1 Å². The summed E-state index contributed by atoms with van der Waals surface area (Å²) in [5, 5.41) is 5.21. The molecule has 2 heterocycles. The van der Waals surface area contributed by atoms with Gasteiger partial charge in [0.05, 0.1) is 0 Å². The van der Waals surface area contributed by atoms with Gasteiger partial charge in [-0.05, 0) is 68.4 Å². The van der Waals surface area contributed by atoms with E-state index >= 15 is 0 Å². The average Bonchev–Trinajstić information content (AvgIpc) is 3.12. The summed E-state index contributed by atoms with van der Waals surface area (Å²) in [6, 6.07) is 19.2. The lowest BCUT2D eigenvalue weighted by molar-refractivity contribution is -0.127. The van der Waals surface area contributed by atoms with Crippen molar-refractivity contribution in [1.29, 1.82) is 0 Å². The first kappa shape index (κ1) is 21.9. The van der Waals surface area contributed by atoms with Crippen molar-refractivity contribution >= 4 is 28.4 Å². The SMILES string of the molecule is CC[C@@H](C)NC(=O)C1CCN(Cc2cc3ccccc3n2Cc2ccccc2Cl)CC1. The van der Waals surface area contributed by atoms with Crippen molar-refractivity contribution < 1.29 is 4.79 Å². The number of aromatic nitrogens is 1. The van der Waals surface area contributed by atoms with Crippen LogP contribution < -0.4 is 5.32 Å². The van der Waals surface area contributed by atoms with Crippen LogP contribution in [0.1, 0.15) is 44.4 Å². The van der Waals surface area contributed by atoms with Gasteiger partial charge in [-0.25, -0.2) is 0 Å². The molecule has 31 heavy (non-hydrogen) atoms. The second-order valence-electron chi connectivity index (χ2n) is 8.74. The number of carbonyl (C=O) groups excluding carboxylic acids is 1. The van der Waals surface area contributed by atoms with E-state index in [1.807, 2.05) is 18.2 Å². The number of carbonyl (C=O) groups is 1. The first-order valence-electron chi connectivity index (χ1n) is 11.4. The van der Waals surface area contributed by atoms with Gasteiger partial charge in [0.15, 0.2) is 0 Å². The third-order valence-electron chi connectivity index (χ3n) is 6.53. The van der Waals surface area contributed by atoms with E-state index < -0.39 is 0 Å². The van der Waals surface area contributed by atoms with Crippen LogP contribution in [-0.2, 0) is 17.9 Å². The van der Waals surface area contributed by atoms with E-state index in [1.165, 1.54) is 16.6 Å². The molecule has 1 N–H and O–H groups in total. The molecular weight excluding hydrogens is 406 g/mol. The molecule has 0 spiro atoms. The molecule has 1 atom stereocenters. The van der Waals surface area contributed by atoms with Crippen LogP contribution in [-0.4, -0.2) is 34.5 Å². The van der Waals surface area contributed by atoms with E-state index in [2.05, 4.69) is 65.0 Å². The molecule has 3 aromatic rings. The smallest absolute Gasteiger partial charge is 0.223 e. The summed E-state index contributed by atoms with van der Waals surface area (Å²) >= 11 is 6.47. The Morgan fingerprint density at radius 2 is 1.81 bits per heavy atom. The zero-order valence-corrected chi connectivity index (χ0v) is 19.2. The fourth-order valence-electron chi connectivity index (χ4n) is 4.43. The molecule has 0 saturated carbocycles. The molecule has 1 aliphatic rings. The van der Waals surface area contributed by atoms with Crippen LogP contribution in [0, 0.1) is 5.92 Å². The molecule has 5 heteroatoms. The number of hydrogen-bond acceptors (Lipinski definition) is 2. The van der Waals surface area contributed by atoms with Crippen molar-refractivity contribution in [1.82, 2.24) is 14.8 Å². The highest BCUT2D eigenvalue weighted by Gasteiger charge is 2.26. The van der Waals surface area contributed by atoms with Crippen LogP contribution in [0.5, 0.6) is 0 Å². The first-order valence-corrected chi connectivity index (χ1v) is 11.8. The van der Waals surface area contributed by atoms with Crippen LogP contribution in [0.25, 0.3) is 10.9 Å². The largest absolute Gasteiger partial charge is 0.353 e. The number of nitrogens with one attached hydrogen (secondary N) is 1. The third kappa shape index (κ3) is 5.13. The Balaban J connectivity index is 1.48. The maximum Gasteiger partial charge on any atom is 0.223 e. The van der Waals surface area contributed by atoms with E-state index in [1.54, 1.807) is 0 Å². The highest BCUT2D eigenvalue weighted by molar-refractivity contribution is 6.31. The van der Waals surface area contributed by atoms with Gasteiger partial charge in [0.25, 0.3) is 0 Å². The third-order valence-corrected chi connectivity index (χ3v) is 6.90. The second-order valence-corrected chi connectivity index (χ2v) is 9.15. The molecule has 1 fully saturated rings. The fraction of sp³-hybridized carbons (Fsp3) is 0.423. The van der Waals surface area contributed by atoms with Crippen LogP contribution in [0.15, 0.2) is 54.6 Å². The van der Waals surface area contributed by atoms with Gasteiger partial charge >= 0.3 is 0 Å². The monoisotopic (exact) mass is 437 g/mol. The van der Waals surface area contributed by atoms with Crippen molar-refractivity contribution in [3.05, 3.63) is 70.9 Å². The molecule has 1 amide bonds. The number of piperidine rings is 1. The lowest BCUT2D eigenvalue weighted by Gasteiger charge is -2.32. The highest BCUT2D eigenvalue weighted by atomic mass is 35.5. The number of fused-ring (bicyclic) bond motifs is 1. The summed E-state index contributed by atoms with van der Waals surface area (Å²) in [7, 11) is 0.